The van der Waals surface area contributed by atoms with Crippen molar-refractivity contribution >= 4 is 0 Å². The van der Waals surface area contributed by atoms with E-state index >= 15 is 0 Å². The summed E-state index contributed by atoms with van der Waals surface area (Å²) in [4.78, 5) is 0. The van der Waals surface area contributed by atoms with E-state index in [-0.39, 0.29) is 0 Å². The third kappa shape index (κ3) is 0.878. The van der Waals surface area contributed by atoms with Crippen molar-refractivity contribution in [2.75, 3.05) is 7.05 Å². The number of fused-ring (bicyclic) bond motifs is 2. The summed E-state index contributed by atoms with van der Waals surface area (Å²) in [5, 5.41) is 3.47. The molecular weight excluding hydrogens is 122 g/mol. The van der Waals surface area contributed by atoms with Gasteiger partial charge >= 0.3 is 0 Å². The van der Waals surface area contributed by atoms with Crippen molar-refractivity contribution in [3.05, 3.63) is 0 Å². The molecule has 2 fully saturated rings. The largest absolute Gasteiger partial charge is 0.316 e. The van der Waals surface area contributed by atoms with Gasteiger partial charge in [0.2, 0.25) is 0 Å². The molecule has 2 unspecified atom stereocenters. The fourth-order valence-electron chi connectivity index (χ4n) is 2.93. The molecule has 58 valence electrons. The molecule has 2 aliphatic carbocycles. The molecule has 2 bridgehead atoms. The van der Waals surface area contributed by atoms with Gasteiger partial charge in [-0.25, -0.2) is 0 Å². The predicted molar refractivity (Wildman–Crippen MR) is 42.9 cm³/mol. The lowest BCUT2D eigenvalue weighted by atomic mass is 9.84. The van der Waals surface area contributed by atoms with Crippen molar-refractivity contribution in [3.63, 3.8) is 0 Å². The zero-order valence-electron chi connectivity index (χ0n) is 6.77. The molecule has 0 aromatic heterocycles. The van der Waals surface area contributed by atoms with Gasteiger partial charge in [-0.3, -0.25) is 0 Å². The van der Waals surface area contributed by atoms with Crippen molar-refractivity contribution < 1.29 is 0 Å². The first-order valence-electron chi connectivity index (χ1n) is 4.59. The average Bonchev–Trinajstić information content (AvgIpc) is 2.19. The molecular formula is C9H17N. The highest BCUT2D eigenvalue weighted by Crippen LogP contribution is 2.41. The predicted octanol–water partition coefficient (Wildman–Crippen LogP) is 1.78. The monoisotopic (exact) mass is 139 g/mol. The van der Waals surface area contributed by atoms with Crippen LogP contribution in [0.25, 0.3) is 0 Å². The van der Waals surface area contributed by atoms with Gasteiger partial charge in [0.15, 0.2) is 0 Å². The fourth-order valence-corrected chi connectivity index (χ4v) is 2.93. The minimum Gasteiger partial charge on any atom is -0.316 e. The first-order valence-corrected chi connectivity index (χ1v) is 4.59. The molecule has 2 rings (SSSR count). The van der Waals surface area contributed by atoms with Crippen molar-refractivity contribution in [2.24, 2.45) is 11.8 Å². The van der Waals surface area contributed by atoms with E-state index in [1.54, 1.807) is 0 Å². The van der Waals surface area contributed by atoms with E-state index in [0.717, 1.165) is 17.9 Å². The Balaban J connectivity index is 2.06. The van der Waals surface area contributed by atoms with Crippen LogP contribution in [0.3, 0.4) is 0 Å². The summed E-state index contributed by atoms with van der Waals surface area (Å²) >= 11 is 0. The molecule has 0 saturated heterocycles. The third-order valence-electron chi connectivity index (χ3n) is 3.41. The van der Waals surface area contributed by atoms with Crippen molar-refractivity contribution in [2.45, 2.75) is 38.1 Å². The Labute approximate surface area is 63.2 Å². The van der Waals surface area contributed by atoms with Gasteiger partial charge in [0.05, 0.1) is 0 Å². The van der Waals surface area contributed by atoms with Crippen LogP contribution in [-0.4, -0.2) is 13.1 Å². The van der Waals surface area contributed by atoms with Crippen LogP contribution in [-0.2, 0) is 0 Å². The minimum atomic E-state index is 0.883. The molecule has 2 aliphatic rings. The topological polar surface area (TPSA) is 12.0 Å². The lowest BCUT2D eigenvalue weighted by Crippen LogP contribution is -2.37. The Bertz CT molecular complexity index is 106. The quantitative estimate of drug-likeness (QED) is 0.584. The van der Waals surface area contributed by atoms with Crippen LogP contribution >= 0.6 is 0 Å². The number of hydrogen-bond donors (Lipinski definition) is 1. The molecule has 1 N–H and O–H groups in total. The van der Waals surface area contributed by atoms with Gasteiger partial charge in [-0.15, -0.1) is 0 Å². The average molecular weight is 139 g/mol. The molecule has 10 heavy (non-hydrogen) atoms. The number of nitrogens with one attached hydrogen (secondary N) is 1. The van der Waals surface area contributed by atoms with Gasteiger partial charge in [-0.2, -0.15) is 0 Å². The van der Waals surface area contributed by atoms with Crippen LogP contribution in [0, 0.1) is 11.8 Å². The summed E-state index contributed by atoms with van der Waals surface area (Å²) in [6, 6.07) is 0.883. The number of rotatable bonds is 1. The summed E-state index contributed by atoms with van der Waals surface area (Å²) in [5.41, 5.74) is 0. The molecule has 1 nitrogen and oxygen atoms in total. The molecule has 2 saturated carbocycles. The summed E-state index contributed by atoms with van der Waals surface area (Å²) in [7, 11) is 2.13. The smallest absolute Gasteiger partial charge is 0.0121 e. The molecule has 0 spiro atoms. The highest BCUT2D eigenvalue weighted by Gasteiger charge is 2.37. The number of hydrogen-bond acceptors (Lipinski definition) is 1. The second kappa shape index (κ2) is 2.54. The molecule has 0 amide bonds. The lowest BCUT2D eigenvalue weighted by molar-refractivity contribution is 0.268. The standard InChI is InChI=1S/C9H17N/c1-10-9-7-3-2-4-8(9)6-5-7/h7-10H,2-6H2,1H3. The zero-order chi connectivity index (χ0) is 6.97. The van der Waals surface area contributed by atoms with Gasteiger partial charge in [-0.1, -0.05) is 6.42 Å². The van der Waals surface area contributed by atoms with Gasteiger partial charge in [0, 0.05) is 6.04 Å². The summed E-state index contributed by atoms with van der Waals surface area (Å²) in [6.07, 6.45) is 7.46. The maximum Gasteiger partial charge on any atom is 0.0121 e. The maximum absolute atomic E-state index is 3.47. The first-order chi connectivity index (χ1) is 4.92. The summed E-state index contributed by atoms with van der Waals surface area (Å²) in [6.45, 7) is 0. The Morgan fingerprint density at radius 2 is 1.60 bits per heavy atom. The molecule has 0 aliphatic heterocycles. The van der Waals surface area contributed by atoms with Crippen molar-refractivity contribution in [1.82, 2.24) is 5.32 Å². The SMILES string of the molecule is CNC1C2CCCC1CC2. The van der Waals surface area contributed by atoms with Crippen LogP contribution in [0.2, 0.25) is 0 Å². The maximum atomic E-state index is 3.47. The molecule has 0 aromatic rings. The lowest BCUT2D eigenvalue weighted by Gasteiger charge is -2.29. The van der Waals surface area contributed by atoms with E-state index < -0.39 is 0 Å². The van der Waals surface area contributed by atoms with E-state index in [0.29, 0.717) is 0 Å². The van der Waals surface area contributed by atoms with Gasteiger partial charge in [0.1, 0.15) is 0 Å². The van der Waals surface area contributed by atoms with Crippen LogP contribution < -0.4 is 5.32 Å². The van der Waals surface area contributed by atoms with E-state index in [4.69, 9.17) is 0 Å². The first kappa shape index (κ1) is 6.66. The second-order valence-corrected chi connectivity index (χ2v) is 3.84. The van der Waals surface area contributed by atoms with Crippen LogP contribution in [0.15, 0.2) is 0 Å². The Morgan fingerprint density at radius 3 is 2.00 bits per heavy atom. The summed E-state index contributed by atoms with van der Waals surface area (Å²) < 4.78 is 0. The Morgan fingerprint density at radius 1 is 1.00 bits per heavy atom. The highest BCUT2D eigenvalue weighted by atomic mass is 14.9. The van der Waals surface area contributed by atoms with E-state index in [2.05, 4.69) is 12.4 Å². The van der Waals surface area contributed by atoms with Crippen LogP contribution in [0.4, 0.5) is 0 Å². The van der Waals surface area contributed by atoms with Crippen LogP contribution in [0.5, 0.6) is 0 Å². The Kier molecular flexibility index (Phi) is 1.69. The summed E-state index contributed by atoms with van der Waals surface area (Å²) in [5.74, 6) is 2.06. The molecule has 0 radical (unpaired) electrons. The third-order valence-corrected chi connectivity index (χ3v) is 3.41. The van der Waals surface area contributed by atoms with E-state index in [1.165, 1.54) is 32.1 Å². The van der Waals surface area contributed by atoms with E-state index in [1.807, 2.05) is 0 Å². The minimum absolute atomic E-state index is 0.883. The Hall–Kier alpha value is -0.0400. The molecule has 2 atom stereocenters. The molecule has 1 heteroatoms. The second-order valence-electron chi connectivity index (χ2n) is 3.84. The van der Waals surface area contributed by atoms with Gasteiger partial charge < -0.3 is 5.32 Å². The molecule has 0 aromatic carbocycles. The fraction of sp³-hybridized carbons (Fsp3) is 1.00. The van der Waals surface area contributed by atoms with Gasteiger partial charge in [-0.05, 0) is 44.6 Å². The van der Waals surface area contributed by atoms with Crippen molar-refractivity contribution in [3.8, 4) is 0 Å². The van der Waals surface area contributed by atoms with E-state index in [9.17, 15) is 0 Å². The molecule has 0 heterocycles. The zero-order valence-corrected chi connectivity index (χ0v) is 6.77. The van der Waals surface area contributed by atoms with Crippen molar-refractivity contribution in [1.29, 1.82) is 0 Å². The van der Waals surface area contributed by atoms with Gasteiger partial charge in [0.25, 0.3) is 0 Å². The highest BCUT2D eigenvalue weighted by molar-refractivity contribution is 4.92. The normalized spacial score (nSPS) is 45.9. The van der Waals surface area contributed by atoms with Crippen LogP contribution in [0.1, 0.15) is 32.1 Å².